The normalized spacial score (nSPS) is 26.3. The molecule has 4 rings (SSSR count). The summed E-state index contributed by atoms with van der Waals surface area (Å²) >= 11 is 0. The van der Waals surface area contributed by atoms with E-state index in [4.69, 9.17) is 9.47 Å². The van der Waals surface area contributed by atoms with Crippen LogP contribution in [0.1, 0.15) is 73.7 Å². The zero-order valence-corrected chi connectivity index (χ0v) is 17.5. The lowest BCUT2D eigenvalue weighted by Gasteiger charge is -2.37. The maximum absolute atomic E-state index is 13.8. The predicted octanol–water partition coefficient (Wildman–Crippen LogP) is 4.79. The minimum Gasteiger partial charge on any atom is -0.493 e. The Bertz CT molecular complexity index is 682. The van der Waals surface area contributed by atoms with Gasteiger partial charge in [-0.1, -0.05) is 32.1 Å². The van der Waals surface area contributed by atoms with Crippen LogP contribution in [0.25, 0.3) is 0 Å². The van der Waals surface area contributed by atoms with Gasteiger partial charge in [-0.2, -0.15) is 0 Å². The monoisotopic (exact) mass is 385 g/mol. The number of ketones is 1. The van der Waals surface area contributed by atoms with Crippen LogP contribution in [0.15, 0.2) is 12.1 Å². The van der Waals surface area contributed by atoms with E-state index in [1.807, 2.05) is 6.07 Å². The quantitative estimate of drug-likeness (QED) is 0.765. The first-order valence-corrected chi connectivity index (χ1v) is 11.2. The molecule has 0 bridgehead atoms. The van der Waals surface area contributed by atoms with E-state index in [1.165, 1.54) is 44.9 Å². The van der Waals surface area contributed by atoms with Gasteiger partial charge in [0.25, 0.3) is 0 Å². The summed E-state index contributed by atoms with van der Waals surface area (Å²) in [5, 5.41) is 3.47. The molecular weight excluding hydrogens is 350 g/mol. The Hall–Kier alpha value is -1.55. The second-order valence-corrected chi connectivity index (χ2v) is 9.26. The molecule has 1 saturated heterocycles. The lowest BCUT2D eigenvalue weighted by molar-refractivity contribution is 0.0676. The molecule has 154 valence electrons. The fraction of sp³-hybridized carbons (Fsp3) is 0.708. The SMILES string of the molecule is COc1cc2c(cc1OC)C(=O)C(CC1CCCCC1)(CC1CCNCC1)C2. The van der Waals surface area contributed by atoms with E-state index in [0.29, 0.717) is 23.4 Å². The third-order valence-corrected chi connectivity index (χ3v) is 7.41. The summed E-state index contributed by atoms with van der Waals surface area (Å²) in [6, 6.07) is 3.98. The number of carbonyl (C=O) groups is 1. The molecule has 0 amide bonds. The number of ether oxygens (including phenoxy) is 2. The van der Waals surface area contributed by atoms with Crippen LogP contribution in [-0.4, -0.2) is 33.1 Å². The summed E-state index contributed by atoms with van der Waals surface area (Å²) in [6.07, 6.45) is 12.0. The zero-order valence-electron chi connectivity index (χ0n) is 17.5. The second-order valence-electron chi connectivity index (χ2n) is 9.26. The highest BCUT2D eigenvalue weighted by Crippen LogP contribution is 2.50. The molecule has 0 radical (unpaired) electrons. The Morgan fingerprint density at radius 3 is 2.18 bits per heavy atom. The fourth-order valence-electron chi connectivity index (χ4n) is 6.00. The van der Waals surface area contributed by atoms with E-state index in [0.717, 1.165) is 49.2 Å². The molecule has 3 aliphatic rings. The summed E-state index contributed by atoms with van der Waals surface area (Å²) in [5.41, 5.74) is 1.82. The first-order valence-electron chi connectivity index (χ1n) is 11.2. The molecule has 4 nitrogen and oxygen atoms in total. The van der Waals surface area contributed by atoms with Gasteiger partial charge < -0.3 is 14.8 Å². The first-order chi connectivity index (χ1) is 13.6. The average Bonchev–Trinajstić information content (AvgIpc) is 2.99. The minimum atomic E-state index is -0.219. The maximum atomic E-state index is 13.8. The number of fused-ring (bicyclic) bond motifs is 1. The minimum absolute atomic E-state index is 0.219. The van der Waals surface area contributed by atoms with E-state index in [9.17, 15) is 4.79 Å². The highest BCUT2D eigenvalue weighted by Gasteiger charge is 2.48. The van der Waals surface area contributed by atoms with Crippen LogP contribution in [0.3, 0.4) is 0 Å². The van der Waals surface area contributed by atoms with Gasteiger partial charge in [0, 0.05) is 11.0 Å². The van der Waals surface area contributed by atoms with E-state index < -0.39 is 0 Å². The molecule has 1 unspecified atom stereocenters. The van der Waals surface area contributed by atoms with Crippen molar-refractivity contribution in [1.29, 1.82) is 0 Å². The molecule has 0 spiro atoms. The van der Waals surface area contributed by atoms with Crippen molar-refractivity contribution in [3.05, 3.63) is 23.3 Å². The molecule has 1 saturated carbocycles. The number of hydrogen-bond acceptors (Lipinski definition) is 4. The molecule has 1 aliphatic heterocycles. The maximum Gasteiger partial charge on any atom is 0.169 e. The van der Waals surface area contributed by atoms with E-state index in [1.54, 1.807) is 14.2 Å². The summed E-state index contributed by atoms with van der Waals surface area (Å²) in [6.45, 7) is 2.18. The van der Waals surface area contributed by atoms with Crippen molar-refractivity contribution in [3.63, 3.8) is 0 Å². The Kier molecular flexibility index (Phi) is 5.96. The number of benzene rings is 1. The zero-order chi connectivity index (χ0) is 19.6. The number of hydrogen-bond donors (Lipinski definition) is 1. The molecule has 1 N–H and O–H groups in total. The number of piperidine rings is 1. The van der Waals surface area contributed by atoms with Crippen LogP contribution in [-0.2, 0) is 6.42 Å². The Balaban J connectivity index is 1.65. The molecule has 4 heteroatoms. The lowest BCUT2D eigenvalue weighted by atomic mass is 9.67. The van der Waals surface area contributed by atoms with Crippen molar-refractivity contribution in [2.45, 2.75) is 64.2 Å². The van der Waals surface area contributed by atoms with Crippen molar-refractivity contribution in [1.82, 2.24) is 5.32 Å². The van der Waals surface area contributed by atoms with Gasteiger partial charge in [0.2, 0.25) is 0 Å². The van der Waals surface area contributed by atoms with E-state index in [-0.39, 0.29) is 5.41 Å². The standard InChI is InChI=1S/C24H35NO3/c1-27-21-12-19-16-24(14-17-6-4-3-5-7-17,15-18-8-10-25-11-9-18)23(26)20(19)13-22(21)28-2/h12-13,17-18,25H,3-11,14-16H2,1-2H3. The van der Waals surface area contributed by atoms with Crippen LogP contribution in [0, 0.1) is 17.3 Å². The van der Waals surface area contributed by atoms with E-state index >= 15 is 0 Å². The molecule has 2 fully saturated rings. The van der Waals surface area contributed by atoms with Gasteiger partial charge in [-0.05, 0) is 74.7 Å². The molecule has 1 aromatic rings. The van der Waals surface area contributed by atoms with Crippen LogP contribution in [0.4, 0.5) is 0 Å². The van der Waals surface area contributed by atoms with Crippen molar-refractivity contribution >= 4 is 5.78 Å². The Morgan fingerprint density at radius 2 is 1.54 bits per heavy atom. The number of nitrogens with one attached hydrogen (secondary N) is 1. The number of carbonyl (C=O) groups excluding carboxylic acids is 1. The van der Waals surface area contributed by atoms with Gasteiger partial charge in [0.05, 0.1) is 14.2 Å². The van der Waals surface area contributed by atoms with Crippen LogP contribution in [0.2, 0.25) is 0 Å². The molecule has 2 aliphatic carbocycles. The van der Waals surface area contributed by atoms with Crippen molar-refractivity contribution in [2.24, 2.45) is 17.3 Å². The van der Waals surface area contributed by atoms with Crippen LogP contribution >= 0.6 is 0 Å². The summed E-state index contributed by atoms with van der Waals surface area (Å²) in [4.78, 5) is 13.8. The second kappa shape index (κ2) is 8.44. The van der Waals surface area contributed by atoms with Gasteiger partial charge >= 0.3 is 0 Å². The first kappa shape index (κ1) is 19.8. The van der Waals surface area contributed by atoms with Crippen molar-refractivity contribution in [3.8, 4) is 11.5 Å². The van der Waals surface area contributed by atoms with Crippen LogP contribution < -0.4 is 14.8 Å². The van der Waals surface area contributed by atoms with E-state index in [2.05, 4.69) is 11.4 Å². The predicted molar refractivity (Wildman–Crippen MR) is 111 cm³/mol. The molecule has 1 aromatic carbocycles. The highest BCUT2D eigenvalue weighted by atomic mass is 16.5. The lowest BCUT2D eigenvalue weighted by Crippen LogP contribution is -2.37. The third kappa shape index (κ3) is 3.80. The molecule has 1 heterocycles. The smallest absolute Gasteiger partial charge is 0.169 e. The van der Waals surface area contributed by atoms with Gasteiger partial charge in [-0.3, -0.25) is 4.79 Å². The Morgan fingerprint density at radius 1 is 0.929 bits per heavy atom. The molecule has 1 atom stereocenters. The summed E-state index contributed by atoms with van der Waals surface area (Å²) in [7, 11) is 3.32. The summed E-state index contributed by atoms with van der Waals surface area (Å²) in [5.74, 6) is 3.14. The van der Waals surface area contributed by atoms with Gasteiger partial charge in [-0.15, -0.1) is 0 Å². The van der Waals surface area contributed by atoms with Crippen molar-refractivity contribution < 1.29 is 14.3 Å². The van der Waals surface area contributed by atoms with Gasteiger partial charge in [-0.25, -0.2) is 0 Å². The average molecular weight is 386 g/mol. The molecule has 0 aromatic heterocycles. The fourth-order valence-corrected chi connectivity index (χ4v) is 6.00. The van der Waals surface area contributed by atoms with Crippen LogP contribution in [0.5, 0.6) is 11.5 Å². The largest absolute Gasteiger partial charge is 0.493 e. The topological polar surface area (TPSA) is 47.6 Å². The highest BCUT2D eigenvalue weighted by molar-refractivity contribution is 6.05. The molecular formula is C24H35NO3. The number of methoxy groups -OCH3 is 2. The van der Waals surface area contributed by atoms with Crippen molar-refractivity contribution in [2.75, 3.05) is 27.3 Å². The molecule has 28 heavy (non-hydrogen) atoms. The number of rotatable bonds is 6. The van der Waals surface area contributed by atoms with Gasteiger partial charge in [0.1, 0.15) is 0 Å². The number of Topliss-reactive ketones (excluding diaryl/α,β-unsaturated/α-hetero) is 1. The van der Waals surface area contributed by atoms with Gasteiger partial charge in [0.15, 0.2) is 17.3 Å². The summed E-state index contributed by atoms with van der Waals surface area (Å²) < 4.78 is 11.0. The Labute approximate surface area is 169 Å². The third-order valence-electron chi connectivity index (χ3n) is 7.41.